The molecular weight excluding hydrogens is 144 g/mol. The van der Waals surface area contributed by atoms with Crippen LogP contribution in [-0.4, -0.2) is 19.1 Å². The summed E-state index contributed by atoms with van der Waals surface area (Å²) in [5.74, 6) is -0.269. The highest BCUT2D eigenvalue weighted by Crippen LogP contribution is 1.98. The van der Waals surface area contributed by atoms with E-state index in [1.165, 1.54) is 25.1 Å². The van der Waals surface area contributed by atoms with Crippen LogP contribution < -0.4 is 0 Å². The average Bonchev–Trinajstić information content (AvgIpc) is 2.57. The molecule has 0 spiro atoms. The van der Waals surface area contributed by atoms with E-state index >= 15 is 0 Å². The second-order valence-corrected chi connectivity index (χ2v) is 2.19. The third-order valence-electron chi connectivity index (χ3n) is 1.27. The lowest BCUT2D eigenvalue weighted by molar-refractivity contribution is -0.113. The second kappa shape index (κ2) is 4.73. The molecule has 1 saturated heterocycles. The van der Waals surface area contributed by atoms with Gasteiger partial charge in [0, 0.05) is 19.3 Å². The fourth-order valence-corrected chi connectivity index (χ4v) is 0.731. The van der Waals surface area contributed by atoms with Crippen molar-refractivity contribution in [2.24, 2.45) is 10.2 Å². The van der Waals surface area contributed by atoms with E-state index in [0.29, 0.717) is 0 Å². The zero-order chi connectivity index (χ0) is 7.94. The van der Waals surface area contributed by atoms with Crippen LogP contribution in [0, 0.1) is 0 Å². The maximum Gasteiger partial charge on any atom is 0.289 e. The van der Waals surface area contributed by atoms with E-state index in [-0.39, 0.29) is 5.91 Å². The Bertz CT molecular complexity index is 161. The highest BCUT2D eigenvalue weighted by Gasteiger charge is 1.94. The molecule has 11 heavy (non-hydrogen) atoms. The van der Waals surface area contributed by atoms with Crippen LogP contribution in [0.3, 0.4) is 0 Å². The second-order valence-electron chi connectivity index (χ2n) is 2.19. The van der Waals surface area contributed by atoms with Gasteiger partial charge in [0.1, 0.15) is 0 Å². The van der Waals surface area contributed by atoms with Gasteiger partial charge in [0.25, 0.3) is 5.91 Å². The fraction of sp³-hybridized carbons (Fsp3) is 0.571. The highest BCUT2D eigenvalue weighted by atomic mass is 16.5. The highest BCUT2D eigenvalue weighted by molar-refractivity contribution is 5.89. The number of hydrogen-bond acceptors (Lipinski definition) is 3. The number of ether oxygens (including phenoxy) is 1. The summed E-state index contributed by atoms with van der Waals surface area (Å²) in [6, 6.07) is 0. The van der Waals surface area contributed by atoms with Gasteiger partial charge in [0.05, 0.1) is 6.20 Å². The van der Waals surface area contributed by atoms with Gasteiger partial charge >= 0.3 is 0 Å². The first-order valence-corrected chi connectivity index (χ1v) is 3.59. The maximum absolute atomic E-state index is 9.90. The Morgan fingerprint density at radius 3 is 2.27 bits per heavy atom. The van der Waals surface area contributed by atoms with Crippen LogP contribution in [0.25, 0.3) is 0 Å². The summed E-state index contributed by atoms with van der Waals surface area (Å²) >= 11 is 0. The summed E-state index contributed by atoms with van der Waals surface area (Å²) in [7, 11) is 0. The molecule has 1 amide bonds. The van der Waals surface area contributed by atoms with Crippen LogP contribution in [0.4, 0.5) is 0 Å². The first-order chi connectivity index (χ1) is 5.39. The number of carbonyl (C=O) groups excluding carboxylic acids is 1. The van der Waals surface area contributed by atoms with Crippen LogP contribution in [-0.2, 0) is 9.53 Å². The molecule has 2 aliphatic rings. The molecule has 0 aliphatic carbocycles. The topological polar surface area (TPSA) is 51.0 Å². The Balaban J connectivity index is 0.000000112. The molecule has 1 fully saturated rings. The van der Waals surface area contributed by atoms with Crippen molar-refractivity contribution in [1.82, 2.24) is 0 Å². The van der Waals surface area contributed by atoms with Crippen LogP contribution in [0.2, 0.25) is 0 Å². The van der Waals surface area contributed by atoms with Crippen molar-refractivity contribution in [3.8, 4) is 0 Å². The van der Waals surface area contributed by atoms with Crippen LogP contribution in [0.1, 0.15) is 12.8 Å². The van der Waals surface area contributed by atoms with E-state index in [4.69, 9.17) is 4.74 Å². The van der Waals surface area contributed by atoms with Crippen molar-refractivity contribution >= 4 is 5.91 Å². The number of rotatable bonds is 0. The normalized spacial score (nSPS) is 20.2. The molecule has 4 heteroatoms. The van der Waals surface area contributed by atoms with Gasteiger partial charge in [0.15, 0.2) is 0 Å². The Kier molecular flexibility index (Phi) is 3.47. The summed E-state index contributed by atoms with van der Waals surface area (Å²) in [4.78, 5) is 9.90. The molecule has 4 nitrogen and oxygen atoms in total. The van der Waals surface area contributed by atoms with Gasteiger partial charge in [-0.25, -0.2) is 0 Å². The lowest BCUT2D eigenvalue weighted by Crippen LogP contribution is -1.74. The van der Waals surface area contributed by atoms with Crippen LogP contribution >= 0.6 is 0 Å². The summed E-state index contributed by atoms with van der Waals surface area (Å²) in [6.07, 6.45) is 5.22. The summed E-state index contributed by atoms with van der Waals surface area (Å²) in [6.45, 7) is 2.00. The quantitative estimate of drug-likeness (QED) is 0.527. The van der Waals surface area contributed by atoms with Gasteiger partial charge in [0.2, 0.25) is 0 Å². The molecular formula is C7H10N2O2. The van der Waals surface area contributed by atoms with E-state index in [9.17, 15) is 4.79 Å². The molecule has 60 valence electrons. The molecule has 0 radical (unpaired) electrons. The van der Waals surface area contributed by atoms with Crippen molar-refractivity contribution < 1.29 is 9.53 Å². The zero-order valence-electron chi connectivity index (χ0n) is 6.19. The smallest absolute Gasteiger partial charge is 0.289 e. The molecule has 0 aromatic heterocycles. The summed E-state index contributed by atoms with van der Waals surface area (Å²) in [5.41, 5.74) is 0. The van der Waals surface area contributed by atoms with Gasteiger partial charge in [-0.3, -0.25) is 4.79 Å². The Labute approximate surface area is 65.0 Å². The predicted octanol–water partition coefficient (Wildman–Crippen LogP) is 1.29. The fourth-order valence-electron chi connectivity index (χ4n) is 0.731. The Morgan fingerprint density at radius 1 is 1.36 bits per heavy atom. The average molecular weight is 154 g/mol. The minimum atomic E-state index is -0.269. The van der Waals surface area contributed by atoms with Gasteiger partial charge in [-0.1, -0.05) is 0 Å². The molecule has 0 atom stereocenters. The van der Waals surface area contributed by atoms with Crippen LogP contribution in [0.15, 0.2) is 22.5 Å². The SMILES string of the molecule is C1CCOC1.O=C1C=CN=N1. The van der Waals surface area contributed by atoms with E-state index in [1.807, 2.05) is 0 Å². The van der Waals surface area contributed by atoms with Crippen molar-refractivity contribution in [2.75, 3.05) is 13.2 Å². The van der Waals surface area contributed by atoms with Gasteiger partial charge in [-0.2, -0.15) is 5.11 Å². The van der Waals surface area contributed by atoms with Crippen molar-refractivity contribution in [1.29, 1.82) is 0 Å². The Morgan fingerprint density at radius 2 is 2.09 bits per heavy atom. The van der Waals surface area contributed by atoms with E-state index in [1.54, 1.807) is 0 Å². The number of hydrogen-bond donors (Lipinski definition) is 0. The minimum absolute atomic E-state index is 0.269. The lowest BCUT2D eigenvalue weighted by Gasteiger charge is -1.76. The minimum Gasteiger partial charge on any atom is -0.381 e. The number of amides is 1. The first-order valence-electron chi connectivity index (χ1n) is 3.59. The van der Waals surface area contributed by atoms with Crippen molar-refractivity contribution in [2.45, 2.75) is 12.8 Å². The molecule has 2 aliphatic heterocycles. The van der Waals surface area contributed by atoms with Gasteiger partial charge < -0.3 is 4.74 Å². The summed E-state index contributed by atoms with van der Waals surface area (Å²) in [5, 5.41) is 6.37. The van der Waals surface area contributed by atoms with Gasteiger partial charge in [-0.05, 0) is 12.8 Å². The molecule has 0 bridgehead atoms. The number of nitrogens with zero attached hydrogens (tertiary/aromatic N) is 2. The third-order valence-corrected chi connectivity index (χ3v) is 1.27. The largest absolute Gasteiger partial charge is 0.381 e. The number of azo groups is 1. The zero-order valence-corrected chi connectivity index (χ0v) is 6.19. The molecule has 2 heterocycles. The molecule has 0 aromatic rings. The molecule has 0 saturated carbocycles. The lowest BCUT2D eigenvalue weighted by atomic mass is 10.4. The molecule has 0 aromatic carbocycles. The molecule has 0 N–H and O–H groups in total. The first kappa shape index (κ1) is 8.07. The Hall–Kier alpha value is -1.03. The van der Waals surface area contributed by atoms with Crippen molar-refractivity contribution in [3.63, 3.8) is 0 Å². The predicted molar refractivity (Wildman–Crippen MR) is 39.1 cm³/mol. The monoisotopic (exact) mass is 154 g/mol. The third kappa shape index (κ3) is 3.62. The summed E-state index contributed by atoms with van der Waals surface area (Å²) < 4.78 is 4.94. The van der Waals surface area contributed by atoms with Crippen molar-refractivity contribution in [3.05, 3.63) is 12.3 Å². The molecule has 0 unspecified atom stereocenters. The van der Waals surface area contributed by atoms with E-state index in [2.05, 4.69) is 10.2 Å². The van der Waals surface area contributed by atoms with Gasteiger partial charge in [-0.15, -0.1) is 5.11 Å². The number of carbonyl (C=O) groups is 1. The standard InChI is InChI=1S/C4H8O.C3H2N2O/c1-2-4-5-3-1;6-3-1-2-4-5-3/h1-4H2;1-2H. The van der Waals surface area contributed by atoms with E-state index in [0.717, 1.165) is 13.2 Å². The molecule has 2 rings (SSSR count). The maximum atomic E-state index is 9.90. The van der Waals surface area contributed by atoms with Crippen LogP contribution in [0.5, 0.6) is 0 Å². The van der Waals surface area contributed by atoms with E-state index < -0.39 is 0 Å².